The molecule has 0 N–H and O–H groups in total. The molecule has 4 heteroatoms. The van der Waals surface area contributed by atoms with Crippen molar-refractivity contribution in [2.45, 2.75) is 0 Å². The smallest absolute Gasteiger partial charge is 0.338 e. The van der Waals surface area contributed by atoms with E-state index in [4.69, 9.17) is 9.47 Å². The summed E-state index contributed by atoms with van der Waals surface area (Å²) in [5, 5.41) is 0. The minimum Gasteiger partial charge on any atom is -0.423 e. The van der Waals surface area contributed by atoms with Crippen LogP contribution in [-0.4, -0.2) is 37.2 Å². The molecular weight excluding hydrogens is 290 g/mol. The molecule has 1 heterocycles. The molecule has 2 aromatic carbocycles. The van der Waals surface area contributed by atoms with Crippen molar-refractivity contribution < 1.29 is 14.3 Å². The molecule has 3 rings (SSSR count). The summed E-state index contributed by atoms with van der Waals surface area (Å²) in [4.78, 5) is 14.4. The Labute approximate surface area is 135 Å². The number of benzene rings is 2. The number of esters is 1. The Hall–Kier alpha value is -2.59. The van der Waals surface area contributed by atoms with Gasteiger partial charge in [0.05, 0.1) is 18.9 Å². The number of rotatable bonds is 4. The molecule has 23 heavy (non-hydrogen) atoms. The van der Waals surface area contributed by atoms with Gasteiger partial charge in [-0.1, -0.05) is 48.5 Å². The second-order valence-electron chi connectivity index (χ2n) is 5.23. The number of nitrogens with zero attached hydrogens (tertiary/aromatic N) is 1. The average Bonchev–Trinajstić information content (AvgIpc) is 2.62. The average molecular weight is 309 g/mol. The monoisotopic (exact) mass is 309 g/mol. The molecule has 1 aliphatic rings. The number of hydrogen-bond donors (Lipinski definition) is 0. The Bertz CT molecular complexity index is 662. The van der Waals surface area contributed by atoms with Gasteiger partial charge >= 0.3 is 5.97 Å². The van der Waals surface area contributed by atoms with Gasteiger partial charge in [0.25, 0.3) is 0 Å². The predicted octanol–water partition coefficient (Wildman–Crippen LogP) is 2.97. The third-order valence-electron chi connectivity index (χ3n) is 3.64. The quantitative estimate of drug-likeness (QED) is 0.494. The van der Waals surface area contributed by atoms with E-state index in [0.717, 1.165) is 24.4 Å². The number of carbonyl (C=O) groups excluding carboxylic acids is 1. The highest BCUT2D eigenvalue weighted by atomic mass is 16.5. The highest BCUT2D eigenvalue weighted by molar-refractivity contribution is 5.92. The largest absolute Gasteiger partial charge is 0.423 e. The van der Waals surface area contributed by atoms with Gasteiger partial charge in [-0.3, -0.25) is 0 Å². The van der Waals surface area contributed by atoms with Crippen LogP contribution < -0.4 is 4.74 Å². The predicted molar refractivity (Wildman–Crippen MR) is 88.9 cm³/mol. The van der Waals surface area contributed by atoms with Gasteiger partial charge in [0, 0.05) is 19.2 Å². The van der Waals surface area contributed by atoms with Gasteiger partial charge in [0.2, 0.25) is 0 Å². The lowest BCUT2D eigenvalue weighted by molar-refractivity contribution is -0.129. The van der Waals surface area contributed by atoms with Crippen molar-refractivity contribution in [1.82, 2.24) is 4.90 Å². The van der Waals surface area contributed by atoms with Crippen LogP contribution in [0.15, 0.2) is 66.7 Å². The first-order valence-corrected chi connectivity index (χ1v) is 7.69. The van der Waals surface area contributed by atoms with Gasteiger partial charge in [0.1, 0.15) is 5.75 Å². The fraction of sp³-hybridized carbons (Fsp3) is 0.211. The molecule has 0 aliphatic carbocycles. The van der Waals surface area contributed by atoms with Gasteiger partial charge in [-0.05, 0) is 17.7 Å². The van der Waals surface area contributed by atoms with Crippen molar-refractivity contribution in [2.75, 3.05) is 26.3 Å². The molecule has 1 saturated heterocycles. The summed E-state index contributed by atoms with van der Waals surface area (Å²) in [5.74, 6) is 0.171. The van der Waals surface area contributed by atoms with Gasteiger partial charge in [-0.15, -0.1) is 0 Å². The topological polar surface area (TPSA) is 38.8 Å². The lowest BCUT2D eigenvalue weighted by Gasteiger charge is -2.31. The summed E-state index contributed by atoms with van der Waals surface area (Å²) >= 11 is 0. The van der Waals surface area contributed by atoms with Crippen LogP contribution in [0.5, 0.6) is 5.75 Å². The maximum Gasteiger partial charge on any atom is 0.338 e. The zero-order chi connectivity index (χ0) is 15.9. The number of para-hydroxylation sites is 1. The molecule has 4 nitrogen and oxygen atoms in total. The van der Waals surface area contributed by atoms with E-state index in [1.165, 1.54) is 0 Å². The van der Waals surface area contributed by atoms with Crippen molar-refractivity contribution >= 4 is 11.7 Å². The summed E-state index contributed by atoms with van der Waals surface area (Å²) in [6.07, 6.45) is 1.56. The van der Waals surface area contributed by atoms with Crippen LogP contribution in [0.1, 0.15) is 5.56 Å². The molecule has 0 amide bonds. The summed E-state index contributed by atoms with van der Waals surface area (Å²) in [6, 6.07) is 19.0. The van der Waals surface area contributed by atoms with Crippen LogP contribution >= 0.6 is 0 Å². The van der Waals surface area contributed by atoms with E-state index in [0.29, 0.717) is 19.0 Å². The van der Waals surface area contributed by atoms with Gasteiger partial charge in [0.15, 0.2) is 0 Å². The van der Waals surface area contributed by atoms with Crippen LogP contribution in [0.3, 0.4) is 0 Å². The van der Waals surface area contributed by atoms with Crippen LogP contribution in [0.2, 0.25) is 0 Å². The summed E-state index contributed by atoms with van der Waals surface area (Å²) < 4.78 is 10.8. The molecule has 0 bridgehead atoms. The number of carbonyl (C=O) groups is 1. The molecule has 0 radical (unpaired) electrons. The maximum absolute atomic E-state index is 12.3. The molecule has 1 fully saturated rings. The van der Waals surface area contributed by atoms with E-state index < -0.39 is 0 Å². The highest BCUT2D eigenvalue weighted by Crippen LogP contribution is 2.21. The Morgan fingerprint density at radius 1 is 0.957 bits per heavy atom. The Kier molecular flexibility index (Phi) is 5.06. The first-order chi connectivity index (χ1) is 11.3. The van der Waals surface area contributed by atoms with E-state index in [9.17, 15) is 4.79 Å². The SMILES string of the molecule is O=C(/C=C(/c1ccccc1)N1CCOCC1)Oc1ccccc1. The molecular formula is C19H19NO3. The molecule has 0 saturated carbocycles. The molecule has 0 unspecified atom stereocenters. The fourth-order valence-corrected chi connectivity index (χ4v) is 2.52. The first-order valence-electron chi connectivity index (χ1n) is 7.69. The molecule has 0 atom stereocenters. The van der Waals surface area contributed by atoms with E-state index in [1.54, 1.807) is 18.2 Å². The third kappa shape index (κ3) is 4.20. The van der Waals surface area contributed by atoms with Crippen LogP contribution in [-0.2, 0) is 9.53 Å². The van der Waals surface area contributed by atoms with Crippen molar-refractivity contribution in [2.24, 2.45) is 0 Å². The van der Waals surface area contributed by atoms with Crippen LogP contribution in [0.25, 0.3) is 5.70 Å². The van der Waals surface area contributed by atoms with Crippen molar-refractivity contribution in [3.8, 4) is 5.75 Å². The second-order valence-corrected chi connectivity index (χ2v) is 5.23. The minimum atomic E-state index is -0.374. The lowest BCUT2D eigenvalue weighted by atomic mass is 10.1. The lowest BCUT2D eigenvalue weighted by Crippen LogP contribution is -2.35. The van der Waals surface area contributed by atoms with E-state index in [2.05, 4.69) is 4.90 Å². The van der Waals surface area contributed by atoms with E-state index >= 15 is 0 Å². The standard InChI is InChI=1S/C19H19NO3/c21-19(23-17-9-5-2-6-10-17)15-18(16-7-3-1-4-8-16)20-11-13-22-14-12-20/h1-10,15H,11-14H2/b18-15-. The Morgan fingerprint density at radius 2 is 1.57 bits per heavy atom. The first kappa shape index (κ1) is 15.3. The second kappa shape index (κ2) is 7.61. The Morgan fingerprint density at radius 3 is 2.22 bits per heavy atom. The normalized spacial score (nSPS) is 15.3. The molecule has 0 spiro atoms. The van der Waals surface area contributed by atoms with Gasteiger partial charge < -0.3 is 14.4 Å². The third-order valence-corrected chi connectivity index (χ3v) is 3.64. The Balaban J connectivity index is 1.83. The summed E-state index contributed by atoms with van der Waals surface area (Å²) in [5.41, 5.74) is 1.87. The highest BCUT2D eigenvalue weighted by Gasteiger charge is 2.17. The van der Waals surface area contributed by atoms with Gasteiger partial charge in [-0.25, -0.2) is 4.79 Å². The van der Waals surface area contributed by atoms with Crippen molar-refractivity contribution in [3.63, 3.8) is 0 Å². The van der Waals surface area contributed by atoms with Crippen LogP contribution in [0, 0.1) is 0 Å². The molecule has 118 valence electrons. The zero-order valence-electron chi connectivity index (χ0n) is 12.9. The molecule has 2 aromatic rings. The summed E-state index contributed by atoms with van der Waals surface area (Å²) in [7, 11) is 0. The minimum absolute atomic E-state index is 0.374. The summed E-state index contributed by atoms with van der Waals surface area (Å²) in [6.45, 7) is 2.86. The van der Waals surface area contributed by atoms with Crippen molar-refractivity contribution in [1.29, 1.82) is 0 Å². The molecule has 1 aliphatic heterocycles. The van der Waals surface area contributed by atoms with E-state index in [1.807, 2.05) is 48.5 Å². The van der Waals surface area contributed by atoms with Crippen LogP contribution in [0.4, 0.5) is 0 Å². The fourth-order valence-electron chi connectivity index (χ4n) is 2.52. The van der Waals surface area contributed by atoms with Crippen molar-refractivity contribution in [3.05, 3.63) is 72.3 Å². The maximum atomic E-state index is 12.3. The number of hydrogen-bond acceptors (Lipinski definition) is 4. The number of ether oxygens (including phenoxy) is 2. The molecule has 0 aromatic heterocycles. The zero-order valence-corrected chi connectivity index (χ0v) is 12.9. The van der Waals surface area contributed by atoms with Gasteiger partial charge in [-0.2, -0.15) is 0 Å². The van der Waals surface area contributed by atoms with E-state index in [-0.39, 0.29) is 5.97 Å². The number of morpholine rings is 1.